The van der Waals surface area contributed by atoms with Gasteiger partial charge in [-0.2, -0.15) is 10.1 Å². The standard InChI is InChI=1S/C17H20N8OS/c1-6-25-12-8-18-17(21-11-7-19-24(5)9(11)2)22-14(12)23(4)16-13(15(25)26)20-10(3)27-16/h7-8H,6H2,1-5H3,(H,18,21,22). The Morgan fingerprint density at radius 3 is 2.63 bits per heavy atom. The molecule has 0 radical (unpaired) electrons. The molecule has 0 bridgehead atoms. The maximum atomic E-state index is 13.0. The number of rotatable bonds is 3. The molecule has 3 aromatic rings. The Bertz CT molecular complexity index is 1040. The van der Waals surface area contributed by atoms with E-state index in [0.29, 0.717) is 29.7 Å². The van der Waals surface area contributed by atoms with Crippen LogP contribution in [0.15, 0.2) is 12.4 Å². The minimum absolute atomic E-state index is 0.130. The van der Waals surface area contributed by atoms with Crippen molar-refractivity contribution in [2.45, 2.75) is 20.8 Å². The van der Waals surface area contributed by atoms with Gasteiger partial charge in [0.15, 0.2) is 11.5 Å². The minimum Gasteiger partial charge on any atom is -0.321 e. The number of amides is 1. The van der Waals surface area contributed by atoms with E-state index in [0.717, 1.165) is 21.4 Å². The van der Waals surface area contributed by atoms with Crippen molar-refractivity contribution in [3.8, 4) is 0 Å². The minimum atomic E-state index is -0.130. The van der Waals surface area contributed by atoms with Crippen LogP contribution in [-0.4, -0.2) is 44.2 Å². The zero-order valence-electron chi connectivity index (χ0n) is 15.8. The molecule has 1 aliphatic heterocycles. The molecular formula is C17H20N8OS. The van der Waals surface area contributed by atoms with Gasteiger partial charge in [0.2, 0.25) is 5.95 Å². The van der Waals surface area contributed by atoms with Gasteiger partial charge in [0.05, 0.1) is 28.8 Å². The summed E-state index contributed by atoms with van der Waals surface area (Å²) in [5.74, 6) is 0.978. The molecule has 10 heteroatoms. The van der Waals surface area contributed by atoms with Gasteiger partial charge < -0.3 is 15.1 Å². The normalized spacial score (nSPS) is 13.4. The summed E-state index contributed by atoms with van der Waals surface area (Å²) in [5.41, 5.74) is 2.94. The van der Waals surface area contributed by atoms with E-state index in [1.165, 1.54) is 11.3 Å². The molecule has 9 nitrogen and oxygen atoms in total. The van der Waals surface area contributed by atoms with Crippen LogP contribution in [0.2, 0.25) is 0 Å². The molecule has 0 fully saturated rings. The van der Waals surface area contributed by atoms with E-state index in [-0.39, 0.29) is 5.91 Å². The SMILES string of the molecule is CCN1C(=O)c2nc(C)sc2N(C)c2nc(Nc3cnn(C)c3C)ncc21. The maximum absolute atomic E-state index is 13.0. The van der Waals surface area contributed by atoms with Gasteiger partial charge in [-0.15, -0.1) is 11.3 Å². The van der Waals surface area contributed by atoms with Gasteiger partial charge >= 0.3 is 0 Å². The number of nitrogens with one attached hydrogen (secondary N) is 1. The highest BCUT2D eigenvalue weighted by Crippen LogP contribution is 2.41. The smallest absolute Gasteiger partial charge is 0.280 e. The van der Waals surface area contributed by atoms with E-state index < -0.39 is 0 Å². The fourth-order valence-electron chi connectivity index (χ4n) is 3.04. The number of carbonyl (C=O) groups is 1. The molecule has 0 saturated heterocycles. The number of nitrogens with zero attached hydrogens (tertiary/aromatic N) is 7. The predicted molar refractivity (Wildman–Crippen MR) is 106 cm³/mol. The Balaban J connectivity index is 1.81. The summed E-state index contributed by atoms with van der Waals surface area (Å²) in [6.45, 7) is 6.30. The Hall–Kier alpha value is -3.01. The zero-order chi connectivity index (χ0) is 19.3. The summed E-state index contributed by atoms with van der Waals surface area (Å²) in [6, 6.07) is 0. The number of carbonyl (C=O) groups excluding carboxylic acids is 1. The summed E-state index contributed by atoms with van der Waals surface area (Å²) >= 11 is 1.48. The third kappa shape index (κ3) is 2.72. The predicted octanol–water partition coefficient (Wildman–Crippen LogP) is 2.78. The number of anilines is 5. The molecule has 4 rings (SSSR count). The van der Waals surface area contributed by atoms with Crippen molar-refractivity contribution in [2.75, 3.05) is 28.7 Å². The van der Waals surface area contributed by atoms with Gasteiger partial charge in [-0.25, -0.2) is 9.97 Å². The Morgan fingerprint density at radius 1 is 1.19 bits per heavy atom. The molecule has 27 heavy (non-hydrogen) atoms. The first kappa shape index (κ1) is 17.4. The quantitative estimate of drug-likeness (QED) is 0.742. The molecule has 140 valence electrons. The Labute approximate surface area is 160 Å². The zero-order valence-corrected chi connectivity index (χ0v) is 16.6. The van der Waals surface area contributed by atoms with Crippen molar-refractivity contribution in [3.63, 3.8) is 0 Å². The largest absolute Gasteiger partial charge is 0.321 e. The van der Waals surface area contributed by atoms with E-state index >= 15 is 0 Å². The Morgan fingerprint density at radius 2 is 1.96 bits per heavy atom. The summed E-state index contributed by atoms with van der Waals surface area (Å²) in [5, 5.41) is 9.07. The van der Waals surface area contributed by atoms with Crippen LogP contribution in [0, 0.1) is 13.8 Å². The average molecular weight is 384 g/mol. The van der Waals surface area contributed by atoms with Crippen molar-refractivity contribution >= 4 is 45.4 Å². The topological polar surface area (TPSA) is 92.1 Å². The van der Waals surface area contributed by atoms with Crippen molar-refractivity contribution in [3.05, 3.63) is 28.8 Å². The second kappa shape index (κ2) is 6.31. The molecule has 0 spiro atoms. The Kier molecular flexibility index (Phi) is 4.06. The lowest BCUT2D eigenvalue weighted by Crippen LogP contribution is -2.30. The maximum Gasteiger partial charge on any atom is 0.280 e. The summed E-state index contributed by atoms with van der Waals surface area (Å²) < 4.78 is 1.78. The summed E-state index contributed by atoms with van der Waals surface area (Å²) in [7, 11) is 3.78. The molecule has 0 aliphatic carbocycles. The van der Waals surface area contributed by atoms with Gasteiger partial charge in [0.25, 0.3) is 5.91 Å². The molecule has 1 amide bonds. The third-order valence-corrected chi connectivity index (χ3v) is 5.67. The highest BCUT2D eigenvalue weighted by atomic mass is 32.1. The van der Waals surface area contributed by atoms with Crippen molar-refractivity contribution in [1.29, 1.82) is 0 Å². The second-order valence-corrected chi connectivity index (χ2v) is 7.47. The summed E-state index contributed by atoms with van der Waals surface area (Å²) in [6.07, 6.45) is 3.41. The summed E-state index contributed by atoms with van der Waals surface area (Å²) in [4.78, 5) is 30.1. The van der Waals surface area contributed by atoms with Crippen LogP contribution in [-0.2, 0) is 7.05 Å². The number of thiazole rings is 1. The highest BCUT2D eigenvalue weighted by Gasteiger charge is 2.33. The fraction of sp³-hybridized carbons (Fsp3) is 0.353. The molecule has 0 unspecified atom stereocenters. The van der Waals surface area contributed by atoms with E-state index in [2.05, 4.69) is 20.4 Å². The van der Waals surface area contributed by atoms with Crippen molar-refractivity contribution in [2.24, 2.45) is 7.05 Å². The number of aromatic nitrogens is 5. The van der Waals surface area contributed by atoms with Crippen LogP contribution in [0.25, 0.3) is 0 Å². The van der Waals surface area contributed by atoms with Crippen LogP contribution >= 0.6 is 11.3 Å². The van der Waals surface area contributed by atoms with E-state index in [4.69, 9.17) is 4.98 Å². The molecule has 0 atom stereocenters. The number of hydrogen-bond acceptors (Lipinski definition) is 8. The first-order valence-corrected chi connectivity index (χ1v) is 9.38. The van der Waals surface area contributed by atoms with Gasteiger partial charge in [-0.1, -0.05) is 0 Å². The molecule has 0 aromatic carbocycles. The van der Waals surface area contributed by atoms with Gasteiger partial charge in [0, 0.05) is 20.6 Å². The lowest BCUT2D eigenvalue weighted by atomic mass is 10.3. The molecule has 1 aliphatic rings. The second-order valence-electron chi connectivity index (χ2n) is 6.29. The van der Waals surface area contributed by atoms with Crippen molar-refractivity contribution < 1.29 is 4.79 Å². The first-order valence-electron chi connectivity index (χ1n) is 8.56. The molecular weight excluding hydrogens is 364 g/mol. The van der Waals surface area contributed by atoms with Crippen LogP contribution < -0.4 is 15.1 Å². The van der Waals surface area contributed by atoms with Crippen molar-refractivity contribution in [1.82, 2.24) is 24.7 Å². The molecule has 4 heterocycles. The number of hydrogen-bond donors (Lipinski definition) is 1. The van der Waals surface area contributed by atoms with Crippen LogP contribution in [0.5, 0.6) is 0 Å². The lowest BCUT2D eigenvalue weighted by molar-refractivity contribution is 0.0985. The average Bonchev–Trinajstić information content (AvgIpc) is 3.17. The van der Waals surface area contributed by atoms with E-state index in [1.54, 1.807) is 22.0 Å². The van der Waals surface area contributed by atoms with Gasteiger partial charge in [-0.3, -0.25) is 9.48 Å². The molecule has 0 saturated carbocycles. The fourth-order valence-corrected chi connectivity index (χ4v) is 3.91. The molecule has 3 aromatic heterocycles. The monoisotopic (exact) mass is 384 g/mol. The van der Waals surface area contributed by atoms with E-state index in [9.17, 15) is 4.79 Å². The van der Waals surface area contributed by atoms with Gasteiger partial charge in [0.1, 0.15) is 10.7 Å². The van der Waals surface area contributed by atoms with Gasteiger partial charge in [-0.05, 0) is 20.8 Å². The third-order valence-electron chi connectivity index (χ3n) is 4.63. The van der Waals surface area contributed by atoms with Crippen LogP contribution in [0.1, 0.15) is 28.1 Å². The van der Waals surface area contributed by atoms with Crippen LogP contribution in [0.4, 0.5) is 28.1 Å². The lowest BCUT2D eigenvalue weighted by Gasteiger charge is -2.22. The number of fused-ring (bicyclic) bond motifs is 2. The first-order chi connectivity index (χ1) is 12.9. The molecule has 1 N–H and O–H groups in total. The highest BCUT2D eigenvalue weighted by molar-refractivity contribution is 7.16. The van der Waals surface area contributed by atoms with Crippen LogP contribution in [0.3, 0.4) is 0 Å². The number of aryl methyl sites for hydroxylation is 2. The van der Waals surface area contributed by atoms with E-state index in [1.807, 2.05) is 39.8 Å².